The molecule has 196 valence electrons. The van der Waals surface area contributed by atoms with Gasteiger partial charge < -0.3 is 19.5 Å². The lowest BCUT2D eigenvalue weighted by Gasteiger charge is -2.13. The third-order valence-corrected chi connectivity index (χ3v) is 6.81. The number of aryl methyl sites for hydroxylation is 1. The minimum absolute atomic E-state index is 0.200. The first-order valence-electron chi connectivity index (χ1n) is 11.5. The van der Waals surface area contributed by atoms with Crippen molar-refractivity contribution >= 4 is 52.2 Å². The molecule has 1 aliphatic heterocycles. The van der Waals surface area contributed by atoms with E-state index in [1.54, 1.807) is 36.4 Å². The molecule has 0 radical (unpaired) electrons. The number of methoxy groups -OCH3 is 2. The highest BCUT2D eigenvalue weighted by molar-refractivity contribution is 8.18. The van der Waals surface area contributed by atoms with Gasteiger partial charge in [0.05, 0.1) is 24.1 Å². The summed E-state index contributed by atoms with van der Waals surface area (Å²) in [4.78, 5) is 39.0. The van der Waals surface area contributed by atoms with E-state index in [1.807, 2.05) is 31.2 Å². The van der Waals surface area contributed by atoms with Crippen molar-refractivity contribution in [1.82, 2.24) is 4.90 Å². The van der Waals surface area contributed by atoms with Crippen molar-refractivity contribution in [3.8, 4) is 17.2 Å². The van der Waals surface area contributed by atoms with Crippen LogP contribution in [0.3, 0.4) is 0 Å². The van der Waals surface area contributed by atoms with Crippen LogP contribution in [0, 0.1) is 6.92 Å². The van der Waals surface area contributed by atoms with Crippen LogP contribution in [0.2, 0.25) is 5.02 Å². The van der Waals surface area contributed by atoms with Crippen molar-refractivity contribution in [2.24, 2.45) is 0 Å². The molecule has 0 aliphatic carbocycles. The lowest BCUT2D eigenvalue weighted by molar-refractivity contribution is -0.127. The molecule has 0 saturated carbocycles. The molecule has 1 saturated heterocycles. The summed E-state index contributed by atoms with van der Waals surface area (Å²) < 4.78 is 16.5. The number of nitrogens with zero attached hydrogens (tertiary/aromatic N) is 1. The van der Waals surface area contributed by atoms with E-state index in [4.69, 9.17) is 25.8 Å². The summed E-state index contributed by atoms with van der Waals surface area (Å²) in [6.07, 6.45) is 1.58. The minimum Gasteiger partial charge on any atom is -0.495 e. The van der Waals surface area contributed by atoms with E-state index in [0.717, 1.165) is 22.2 Å². The zero-order chi connectivity index (χ0) is 27.2. The standard InChI is InChI=1S/C28H25ClN2O6S/c1-17-4-6-18(7-5-17)16-37-23-10-8-19(12-24(23)36-3)13-25-27(33)31(28(34)38-25)15-26(32)30-20-9-11-22(35-2)21(29)14-20/h4-14H,15-16H2,1-3H3,(H,30,32)/b25-13+. The van der Waals surface area contributed by atoms with Gasteiger partial charge in [0.1, 0.15) is 18.9 Å². The van der Waals surface area contributed by atoms with Crippen molar-refractivity contribution in [3.63, 3.8) is 0 Å². The van der Waals surface area contributed by atoms with Crippen LogP contribution in [0.15, 0.2) is 65.6 Å². The predicted octanol–water partition coefficient (Wildman–Crippen LogP) is 5.92. The minimum atomic E-state index is -0.554. The van der Waals surface area contributed by atoms with Gasteiger partial charge in [-0.1, -0.05) is 47.5 Å². The number of anilines is 1. The van der Waals surface area contributed by atoms with Gasteiger partial charge >= 0.3 is 0 Å². The summed E-state index contributed by atoms with van der Waals surface area (Å²) in [6.45, 7) is 1.97. The molecule has 38 heavy (non-hydrogen) atoms. The molecule has 3 aromatic rings. The predicted molar refractivity (Wildman–Crippen MR) is 148 cm³/mol. The van der Waals surface area contributed by atoms with E-state index in [2.05, 4.69) is 5.32 Å². The van der Waals surface area contributed by atoms with E-state index < -0.39 is 23.6 Å². The average Bonchev–Trinajstić information content (AvgIpc) is 3.16. The maximum atomic E-state index is 12.9. The lowest BCUT2D eigenvalue weighted by atomic mass is 10.1. The van der Waals surface area contributed by atoms with E-state index >= 15 is 0 Å². The van der Waals surface area contributed by atoms with Crippen molar-refractivity contribution < 1.29 is 28.6 Å². The fraction of sp³-hybridized carbons (Fsp3) is 0.179. The number of rotatable bonds is 9. The van der Waals surface area contributed by atoms with Gasteiger partial charge in [-0.3, -0.25) is 19.3 Å². The van der Waals surface area contributed by atoms with Crippen LogP contribution in [0.4, 0.5) is 10.5 Å². The van der Waals surface area contributed by atoms with Crippen LogP contribution in [0.1, 0.15) is 16.7 Å². The van der Waals surface area contributed by atoms with E-state index in [9.17, 15) is 14.4 Å². The monoisotopic (exact) mass is 552 g/mol. The van der Waals surface area contributed by atoms with Crippen LogP contribution >= 0.6 is 23.4 Å². The Kier molecular flexibility index (Phi) is 8.60. The normalized spacial score (nSPS) is 14.1. The number of nitrogens with one attached hydrogen (secondary N) is 1. The molecule has 3 aromatic carbocycles. The molecule has 0 atom stereocenters. The largest absolute Gasteiger partial charge is 0.495 e. The van der Waals surface area contributed by atoms with Gasteiger partial charge in [-0.25, -0.2) is 0 Å². The number of benzene rings is 3. The maximum Gasteiger partial charge on any atom is 0.294 e. The number of halogens is 1. The van der Waals surface area contributed by atoms with Gasteiger partial charge in [-0.05, 0) is 66.2 Å². The van der Waals surface area contributed by atoms with Gasteiger partial charge in [0.15, 0.2) is 11.5 Å². The number of carbonyl (C=O) groups is 3. The smallest absolute Gasteiger partial charge is 0.294 e. The Bertz CT molecular complexity index is 1410. The number of hydrogen-bond acceptors (Lipinski definition) is 7. The van der Waals surface area contributed by atoms with E-state index in [0.29, 0.717) is 40.1 Å². The fourth-order valence-corrected chi connectivity index (χ4v) is 4.71. The van der Waals surface area contributed by atoms with Gasteiger partial charge in [0, 0.05) is 5.69 Å². The van der Waals surface area contributed by atoms with Crippen LogP contribution in [-0.2, 0) is 16.2 Å². The zero-order valence-corrected chi connectivity index (χ0v) is 22.5. The van der Waals surface area contributed by atoms with Gasteiger partial charge in [0.25, 0.3) is 11.1 Å². The van der Waals surface area contributed by atoms with Crippen molar-refractivity contribution in [1.29, 1.82) is 0 Å². The molecule has 0 bridgehead atoms. The first kappa shape index (κ1) is 27.1. The Balaban J connectivity index is 1.41. The Morgan fingerprint density at radius 2 is 1.68 bits per heavy atom. The molecule has 1 fully saturated rings. The molecule has 8 nitrogen and oxygen atoms in total. The number of carbonyl (C=O) groups excluding carboxylic acids is 3. The highest BCUT2D eigenvalue weighted by atomic mass is 35.5. The summed E-state index contributed by atoms with van der Waals surface area (Å²) in [7, 11) is 3.01. The summed E-state index contributed by atoms with van der Waals surface area (Å²) in [5.74, 6) is 0.410. The fourth-order valence-electron chi connectivity index (χ4n) is 3.61. The zero-order valence-electron chi connectivity index (χ0n) is 20.9. The van der Waals surface area contributed by atoms with Crippen LogP contribution < -0.4 is 19.5 Å². The van der Waals surface area contributed by atoms with E-state index in [1.165, 1.54) is 25.8 Å². The van der Waals surface area contributed by atoms with Gasteiger partial charge in [-0.2, -0.15) is 0 Å². The number of imide groups is 1. The molecule has 4 rings (SSSR count). The van der Waals surface area contributed by atoms with E-state index in [-0.39, 0.29) is 4.91 Å². The molecule has 0 spiro atoms. The molecule has 1 aliphatic rings. The Morgan fingerprint density at radius 1 is 0.974 bits per heavy atom. The summed E-state index contributed by atoms with van der Waals surface area (Å²) in [5.41, 5.74) is 3.25. The number of thioether (sulfide) groups is 1. The molecule has 0 aromatic heterocycles. The summed E-state index contributed by atoms with van der Waals surface area (Å²) in [5, 5.41) is 2.42. The van der Waals surface area contributed by atoms with Crippen molar-refractivity contribution in [2.45, 2.75) is 13.5 Å². The van der Waals surface area contributed by atoms with Crippen LogP contribution in [0.25, 0.3) is 6.08 Å². The maximum absolute atomic E-state index is 12.9. The molecular formula is C28H25ClN2O6S. The van der Waals surface area contributed by atoms with Crippen LogP contribution in [-0.4, -0.2) is 42.7 Å². The first-order valence-corrected chi connectivity index (χ1v) is 12.7. The van der Waals surface area contributed by atoms with Crippen molar-refractivity contribution in [3.05, 3.63) is 87.3 Å². The molecule has 1 heterocycles. The highest BCUT2D eigenvalue weighted by Crippen LogP contribution is 2.35. The molecule has 10 heteroatoms. The summed E-state index contributed by atoms with van der Waals surface area (Å²) >= 11 is 6.85. The van der Waals surface area contributed by atoms with Gasteiger partial charge in [0.2, 0.25) is 5.91 Å². The Labute approximate surface area is 229 Å². The number of hydrogen-bond donors (Lipinski definition) is 1. The first-order chi connectivity index (χ1) is 18.3. The second kappa shape index (κ2) is 12.1. The average molecular weight is 553 g/mol. The Hall–Kier alpha value is -3.95. The third-order valence-electron chi connectivity index (χ3n) is 5.61. The Morgan fingerprint density at radius 3 is 2.37 bits per heavy atom. The third kappa shape index (κ3) is 6.48. The highest BCUT2D eigenvalue weighted by Gasteiger charge is 2.36. The summed E-state index contributed by atoms with van der Waals surface area (Å²) in [6, 6.07) is 18.0. The quantitative estimate of drug-likeness (QED) is 0.329. The molecule has 1 N–H and O–H groups in total. The van der Waals surface area contributed by atoms with Crippen molar-refractivity contribution in [2.75, 3.05) is 26.1 Å². The topological polar surface area (TPSA) is 94.2 Å². The number of amides is 3. The molecule has 0 unspecified atom stereocenters. The number of ether oxygens (including phenoxy) is 3. The lowest BCUT2D eigenvalue weighted by Crippen LogP contribution is -2.36. The van der Waals surface area contributed by atoms with Crippen LogP contribution in [0.5, 0.6) is 17.2 Å². The van der Waals surface area contributed by atoms with Gasteiger partial charge in [-0.15, -0.1) is 0 Å². The SMILES string of the molecule is COc1ccc(NC(=O)CN2C(=O)S/C(=C/c3ccc(OCc4ccc(C)cc4)c(OC)c3)C2=O)cc1Cl. The molecular weight excluding hydrogens is 528 g/mol. The second-order valence-corrected chi connectivity index (χ2v) is 9.75. The second-order valence-electron chi connectivity index (χ2n) is 8.35. The molecule has 3 amide bonds.